The standard InChI is InChI=1S/C22H21N3O3/c1-15(25-21(26)14-13-18(24-25)16-11-12-16)22(27)23-19-9-5-6-10-20(19)28-17-7-3-2-4-8-17/h2-10,13-16H,11-12H2,1H3,(H,23,27). The summed E-state index contributed by atoms with van der Waals surface area (Å²) in [4.78, 5) is 25.0. The van der Waals surface area contributed by atoms with Gasteiger partial charge < -0.3 is 10.1 Å². The molecule has 1 unspecified atom stereocenters. The number of nitrogens with one attached hydrogen (secondary N) is 1. The van der Waals surface area contributed by atoms with Crippen LogP contribution in [0.5, 0.6) is 11.5 Å². The van der Waals surface area contributed by atoms with Gasteiger partial charge in [-0.1, -0.05) is 30.3 Å². The first-order valence-electron chi connectivity index (χ1n) is 9.34. The van der Waals surface area contributed by atoms with E-state index in [0.29, 0.717) is 23.1 Å². The number of benzene rings is 2. The van der Waals surface area contributed by atoms with Crippen molar-refractivity contribution in [2.45, 2.75) is 31.7 Å². The lowest BCUT2D eigenvalue weighted by Gasteiger charge is -2.17. The normalized spacial score (nSPS) is 14.3. The molecule has 3 aromatic rings. The smallest absolute Gasteiger partial charge is 0.267 e. The number of rotatable bonds is 6. The van der Waals surface area contributed by atoms with Crippen molar-refractivity contribution in [2.75, 3.05) is 5.32 Å². The first kappa shape index (κ1) is 18.0. The molecule has 1 atom stereocenters. The number of para-hydroxylation sites is 3. The van der Waals surface area contributed by atoms with Crippen LogP contribution in [0.25, 0.3) is 0 Å². The Hall–Kier alpha value is -3.41. The lowest BCUT2D eigenvalue weighted by molar-refractivity contribution is -0.119. The maximum atomic E-state index is 12.8. The molecule has 0 bridgehead atoms. The zero-order valence-corrected chi connectivity index (χ0v) is 15.5. The highest BCUT2D eigenvalue weighted by atomic mass is 16.5. The monoisotopic (exact) mass is 375 g/mol. The van der Waals surface area contributed by atoms with Gasteiger partial charge in [0.25, 0.3) is 5.56 Å². The second kappa shape index (κ2) is 7.68. The van der Waals surface area contributed by atoms with E-state index in [1.54, 1.807) is 25.1 Å². The van der Waals surface area contributed by atoms with Gasteiger partial charge in [-0.25, -0.2) is 4.68 Å². The largest absolute Gasteiger partial charge is 0.455 e. The molecular formula is C22H21N3O3. The van der Waals surface area contributed by atoms with Gasteiger partial charge in [-0.3, -0.25) is 9.59 Å². The first-order chi connectivity index (χ1) is 13.6. The Kier molecular flexibility index (Phi) is 4.93. The summed E-state index contributed by atoms with van der Waals surface area (Å²) in [6, 6.07) is 19.0. The Balaban J connectivity index is 1.54. The van der Waals surface area contributed by atoms with Crippen molar-refractivity contribution in [3.05, 3.63) is 82.8 Å². The van der Waals surface area contributed by atoms with Gasteiger partial charge in [0.1, 0.15) is 11.8 Å². The molecule has 1 amide bonds. The average Bonchev–Trinajstić information content (AvgIpc) is 3.55. The van der Waals surface area contributed by atoms with Gasteiger partial charge in [0, 0.05) is 12.0 Å². The number of hydrogen-bond acceptors (Lipinski definition) is 4. The number of amides is 1. The Bertz CT molecular complexity index is 1040. The Labute approximate surface area is 162 Å². The van der Waals surface area contributed by atoms with Crippen LogP contribution in [-0.2, 0) is 4.79 Å². The van der Waals surface area contributed by atoms with Crippen molar-refractivity contribution in [1.82, 2.24) is 9.78 Å². The van der Waals surface area contributed by atoms with E-state index in [1.165, 1.54) is 10.7 Å². The van der Waals surface area contributed by atoms with E-state index in [-0.39, 0.29) is 11.5 Å². The van der Waals surface area contributed by atoms with E-state index in [9.17, 15) is 9.59 Å². The maximum Gasteiger partial charge on any atom is 0.267 e. The molecule has 1 N–H and O–H groups in total. The summed E-state index contributed by atoms with van der Waals surface area (Å²) in [5.41, 5.74) is 1.11. The van der Waals surface area contributed by atoms with Crippen LogP contribution in [0.1, 0.15) is 37.4 Å². The average molecular weight is 375 g/mol. The minimum Gasteiger partial charge on any atom is -0.455 e. The predicted molar refractivity (Wildman–Crippen MR) is 107 cm³/mol. The number of ether oxygens (including phenoxy) is 1. The molecule has 0 saturated heterocycles. The van der Waals surface area contributed by atoms with Gasteiger partial charge in [-0.2, -0.15) is 5.10 Å². The van der Waals surface area contributed by atoms with Crippen molar-refractivity contribution in [3.8, 4) is 11.5 Å². The van der Waals surface area contributed by atoms with Gasteiger partial charge in [-0.05, 0) is 50.1 Å². The fourth-order valence-corrected chi connectivity index (χ4v) is 2.94. The highest BCUT2D eigenvalue weighted by Gasteiger charge is 2.27. The van der Waals surface area contributed by atoms with Crippen LogP contribution in [0.3, 0.4) is 0 Å². The van der Waals surface area contributed by atoms with Crippen LogP contribution in [-0.4, -0.2) is 15.7 Å². The molecule has 1 aliphatic rings. The fourth-order valence-electron chi connectivity index (χ4n) is 2.94. The third-order valence-electron chi connectivity index (χ3n) is 4.70. The summed E-state index contributed by atoms with van der Waals surface area (Å²) < 4.78 is 7.13. The number of hydrogen-bond donors (Lipinski definition) is 1. The summed E-state index contributed by atoms with van der Waals surface area (Å²) in [6.45, 7) is 1.67. The minimum absolute atomic E-state index is 0.291. The third-order valence-corrected chi connectivity index (χ3v) is 4.70. The van der Waals surface area contributed by atoms with Crippen LogP contribution in [0.4, 0.5) is 5.69 Å². The van der Waals surface area contributed by atoms with E-state index in [1.807, 2.05) is 42.5 Å². The number of carbonyl (C=O) groups is 1. The van der Waals surface area contributed by atoms with Gasteiger partial charge in [0.2, 0.25) is 5.91 Å². The SMILES string of the molecule is CC(C(=O)Nc1ccccc1Oc1ccccc1)n1nc(C2CC2)ccc1=O. The van der Waals surface area contributed by atoms with E-state index in [0.717, 1.165) is 18.5 Å². The lowest BCUT2D eigenvalue weighted by atomic mass is 10.2. The molecule has 28 heavy (non-hydrogen) atoms. The minimum atomic E-state index is -0.740. The Morgan fingerprint density at radius 2 is 1.79 bits per heavy atom. The van der Waals surface area contributed by atoms with Crippen molar-refractivity contribution in [3.63, 3.8) is 0 Å². The van der Waals surface area contributed by atoms with Gasteiger partial charge >= 0.3 is 0 Å². The van der Waals surface area contributed by atoms with E-state index >= 15 is 0 Å². The van der Waals surface area contributed by atoms with Crippen LogP contribution in [0.15, 0.2) is 71.5 Å². The number of carbonyl (C=O) groups excluding carboxylic acids is 1. The quantitative estimate of drug-likeness (QED) is 0.704. The molecule has 1 heterocycles. The van der Waals surface area contributed by atoms with Gasteiger partial charge in [0.15, 0.2) is 5.75 Å². The molecule has 1 aromatic heterocycles. The van der Waals surface area contributed by atoms with Gasteiger partial charge in [0.05, 0.1) is 11.4 Å². The van der Waals surface area contributed by atoms with Crippen LogP contribution < -0.4 is 15.6 Å². The van der Waals surface area contributed by atoms with Crippen molar-refractivity contribution < 1.29 is 9.53 Å². The molecule has 2 aromatic carbocycles. The topological polar surface area (TPSA) is 73.2 Å². The molecule has 6 heteroatoms. The molecule has 0 aliphatic heterocycles. The number of nitrogens with zero attached hydrogens (tertiary/aromatic N) is 2. The maximum absolute atomic E-state index is 12.8. The lowest BCUT2D eigenvalue weighted by Crippen LogP contribution is -2.33. The Morgan fingerprint density at radius 1 is 1.07 bits per heavy atom. The van der Waals surface area contributed by atoms with E-state index in [2.05, 4.69) is 10.4 Å². The summed E-state index contributed by atoms with van der Waals surface area (Å²) >= 11 is 0. The molecule has 1 fully saturated rings. The van der Waals surface area contributed by atoms with Crippen molar-refractivity contribution in [2.24, 2.45) is 0 Å². The Morgan fingerprint density at radius 3 is 2.54 bits per heavy atom. The fraction of sp³-hybridized carbons (Fsp3) is 0.227. The van der Waals surface area contributed by atoms with Crippen LogP contribution in [0.2, 0.25) is 0 Å². The van der Waals surface area contributed by atoms with Crippen molar-refractivity contribution >= 4 is 11.6 Å². The molecule has 1 aliphatic carbocycles. The second-order valence-corrected chi connectivity index (χ2v) is 6.89. The molecule has 1 saturated carbocycles. The summed E-state index contributed by atoms with van der Waals surface area (Å²) in [7, 11) is 0. The molecule has 0 radical (unpaired) electrons. The zero-order valence-electron chi connectivity index (χ0n) is 15.5. The summed E-state index contributed by atoms with van der Waals surface area (Å²) in [5, 5.41) is 7.26. The predicted octanol–water partition coefficient (Wildman–Crippen LogP) is 4.11. The number of aromatic nitrogens is 2. The third kappa shape index (κ3) is 3.96. The van der Waals surface area contributed by atoms with Crippen molar-refractivity contribution in [1.29, 1.82) is 0 Å². The van der Waals surface area contributed by atoms with E-state index in [4.69, 9.17) is 4.74 Å². The second-order valence-electron chi connectivity index (χ2n) is 6.89. The molecule has 0 spiro atoms. The summed E-state index contributed by atoms with van der Waals surface area (Å²) in [6.07, 6.45) is 2.16. The van der Waals surface area contributed by atoms with Crippen LogP contribution >= 0.6 is 0 Å². The van der Waals surface area contributed by atoms with E-state index < -0.39 is 6.04 Å². The molecular weight excluding hydrogens is 354 g/mol. The molecule has 142 valence electrons. The first-order valence-corrected chi connectivity index (χ1v) is 9.34. The summed E-state index contributed by atoms with van der Waals surface area (Å²) in [5.74, 6) is 1.28. The molecule has 4 rings (SSSR count). The van der Waals surface area contributed by atoms with Crippen LogP contribution in [0, 0.1) is 0 Å². The highest BCUT2D eigenvalue weighted by Crippen LogP contribution is 2.38. The highest BCUT2D eigenvalue weighted by molar-refractivity contribution is 5.94. The number of anilines is 1. The molecule has 6 nitrogen and oxygen atoms in total. The van der Waals surface area contributed by atoms with Gasteiger partial charge in [-0.15, -0.1) is 0 Å². The zero-order chi connectivity index (χ0) is 19.5.